The van der Waals surface area contributed by atoms with Gasteiger partial charge in [0.15, 0.2) is 11.0 Å². The minimum atomic E-state index is -1.66. The molecule has 1 aliphatic carbocycles. The average Bonchev–Trinajstić information content (AvgIpc) is 3.00. The van der Waals surface area contributed by atoms with Crippen molar-refractivity contribution in [2.45, 2.75) is 43.7 Å². The summed E-state index contributed by atoms with van der Waals surface area (Å²) in [6.07, 6.45) is 3.68. The van der Waals surface area contributed by atoms with E-state index in [1.165, 1.54) is 21.3 Å². The van der Waals surface area contributed by atoms with E-state index in [4.69, 9.17) is 5.26 Å². The molecule has 0 saturated carbocycles. The van der Waals surface area contributed by atoms with Crippen LogP contribution in [0.2, 0.25) is 0 Å². The maximum Gasteiger partial charge on any atom is 0.152 e. The molecule has 2 aromatic rings. The molecule has 4 nitrogen and oxygen atoms in total. The zero-order valence-electron chi connectivity index (χ0n) is 14.8. The Kier molecular flexibility index (Phi) is 6.17. The lowest BCUT2D eigenvalue weighted by molar-refractivity contribution is 0.112. The van der Waals surface area contributed by atoms with Gasteiger partial charge in [0.2, 0.25) is 0 Å². The van der Waals surface area contributed by atoms with E-state index < -0.39 is 22.5 Å². The van der Waals surface area contributed by atoms with E-state index in [2.05, 4.69) is 25.9 Å². The van der Waals surface area contributed by atoms with Gasteiger partial charge in [-0.3, -0.25) is 8.69 Å². The minimum Gasteiger partial charge on any atom is -0.298 e. The molecular formula is C18H18F2IN3OS2. The molecule has 3 rings (SSSR count). The zero-order chi connectivity index (χ0) is 19.8. The maximum absolute atomic E-state index is 14.4. The fourth-order valence-corrected chi connectivity index (χ4v) is 5.96. The van der Waals surface area contributed by atoms with Crippen LogP contribution in [0.3, 0.4) is 0 Å². The Hall–Kier alpha value is -1.12. The zero-order valence-corrected chi connectivity index (χ0v) is 18.6. The highest BCUT2D eigenvalue weighted by molar-refractivity contribution is 14.2. The number of nitriles is 1. The van der Waals surface area contributed by atoms with Crippen molar-refractivity contribution in [1.29, 1.82) is 5.26 Å². The van der Waals surface area contributed by atoms with Crippen LogP contribution in [-0.2, 0) is 23.8 Å². The molecule has 0 saturated heterocycles. The molecule has 2 unspecified atom stereocenters. The summed E-state index contributed by atoms with van der Waals surface area (Å²) < 4.78 is 46.0. The molecular weight excluding hydrogens is 503 g/mol. The first-order chi connectivity index (χ1) is 12.7. The molecule has 0 spiro atoms. The van der Waals surface area contributed by atoms with Gasteiger partial charge in [-0.1, -0.05) is 0 Å². The number of halogens is 3. The molecule has 0 bridgehead atoms. The number of rotatable bonds is 5. The van der Waals surface area contributed by atoms with E-state index in [1.807, 2.05) is 10.0 Å². The quantitative estimate of drug-likeness (QED) is 0.541. The van der Waals surface area contributed by atoms with Gasteiger partial charge in [-0.15, -0.1) is 0 Å². The number of hydrogen-bond acceptors (Lipinski definition) is 3. The lowest BCUT2D eigenvalue weighted by Crippen LogP contribution is -2.31. The van der Waals surface area contributed by atoms with Gasteiger partial charge in [-0.2, -0.15) is 5.26 Å². The van der Waals surface area contributed by atoms with E-state index in [0.29, 0.717) is 24.2 Å². The number of nitrogens with zero attached hydrogens (tertiary/aromatic N) is 2. The first-order valence-electron chi connectivity index (χ1n) is 8.33. The van der Waals surface area contributed by atoms with Crippen LogP contribution < -0.4 is 4.72 Å². The Morgan fingerprint density at radius 1 is 1.48 bits per heavy atom. The highest BCUT2D eigenvalue weighted by Crippen LogP contribution is 2.39. The second kappa shape index (κ2) is 8.09. The molecule has 0 radical (unpaired) electrons. The first kappa shape index (κ1) is 20.6. The molecule has 9 heteroatoms. The number of fused-ring (bicyclic) bond motifs is 1. The molecule has 1 aromatic heterocycles. The first-order valence-corrected chi connectivity index (χ1v) is 12.8. The fourth-order valence-electron chi connectivity index (χ4n) is 3.30. The predicted octanol–water partition coefficient (Wildman–Crippen LogP) is 5.33. The molecule has 1 heterocycles. The van der Waals surface area contributed by atoms with Gasteiger partial charge in [0.1, 0.15) is 11.5 Å². The van der Waals surface area contributed by atoms with Crippen LogP contribution in [0.4, 0.5) is 14.5 Å². The highest BCUT2D eigenvalue weighted by atomic mass is 127. The monoisotopic (exact) mass is 521 g/mol. The maximum atomic E-state index is 14.4. The third-order valence-electron chi connectivity index (χ3n) is 4.87. The predicted molar refractivity (Wildman–Crippen MR) is 113 cm³/mol. The summed E-state index contributed by atoms with van der Waals surface area (Å²) in [5, 5.41) is 8.82. The van der Waals surface area contributed by atoms with Gasteiger partial charge in [0.25, 0.3) is 0 Å². The summed E-state index contributed by atoms with van der Waals surface area (Å²) in [5.74, 6) is -0.717. The van der Waals surface area contributed by atoms with E-state index in [-0.39, 0.29) is 17.2 Å². The lowest BCUT2D eigenvalue weighted by atomic mass is 9.79. The number of aromatic nitrogens is 1. The summed E-state index contributed by atoms with van der Waals surface area (Å²) >= 11 is 2.14. The molecule has 0 aliphatic heterocycles. The van der Waals surface area contributed by atoms with Crippen LogP contribution in [0.5, 0.6) is 0 Å². The summed E-state index contributed by atoms with van der Waals surface area (Å²) in [7, 11) is -0.219. The van der Waals surface area contributed by atoms with Crippen molar-refractivity contribution in [3.8, 4) is 6.07 Å². The summed E-state index contributed by atoms with van der Waals surface area (Å²) in [4.78, 5) is 0.591. The fraction of sp³-hybridized carbons (Fsp3) is 0.389. The Bertz CT molecular complexity index is 934. The van der Waals surface area contributed by atoms with Gasteiger partial charge in [0.05, 0.1) is 22.2 Å². The molecule has 1 aliphatic rings. The van der Waals surface area contributed by atoms with Gasteiger partial charge in [-0.05, 0) is 62.8 Å². The van der Waals surface area contributed by atoms with Crippen molar-refractivity contribution in [3.05, 3.63) is 47.0 Å². The Labute approximate surface area is 176 Å². The molecule has 2 atom stereocenters. The topological polar surface area (TPSA) is 57.8 Å². The van der Waals surface area contributed by atoms with Crippen LogP contribution in [-0.4, -0.2) is 13.9 Å². The van der Waals surface area contributed by atoms with Crippen molar-refractivity contribution in [2.24, 2.45) is 5.92 Å². The van der Waals surface area contributed by atoms with Crippen LogP contribution in [0, 0.1) is 23.1 Å². The van der Waals surface area contributed by atoms with Gasteiger partial charge < -0.3 is 0 Å². The molecule has 1 N–H and O–H groups in total. The third-order valence-corrected chi connectivity index (χ3v) is 7.78. The lowest BCUT2D eigenvalue weighted by Gasteiger charge is -2.31. The van der Waals surface area contributed by atoms with Crippen molar-refractivity contribution in [1.82, 2.24) is 3.97 Å². The second-order valence-corrected chi connectivity index (χ2v) is 9.89. The summed E-state index contributed by atoms with van der Waals surface area (Å²) in [6, 6.07) is 5.85. The SMILES string of the molecule is CC(C)(F)C1CCc2c(S(=O)Nc3ccc(C#N)cc3F)cn(SI)c2C1. The van der Waals surface area contributed by atoms with Gasteiger partial charge >= 0.3 is 0 Å². The van der Waals surface area contributed by atoms with Crippen molar-refractivity contribution >= 4 is 47.0 Å². The number of nitrogens with one attached hydrogen (secondary N) is 1. The summed E-state index contributed by atoms with van der Waals surface area (Å²) in [6.45, 7) is 3.20. The number of alkyl halides is 1. The third kappa shape index (κ3) is 4.32. The van der Waals surface area contributed by atoms with Crippen molar-refractivity contribution < 1.29 is 13.0 Å². The van der Waals surface area contributed by atoms with E-state index in [1.54, 1.807) is 20.0 Å². The van der Waals surface area contributed by atoms with Crippen molar-refractivity contribution in [2.75, 3.05) is 4.72 Å². The van der Waals surface area contributed by atoms with Gasteiger partial charge in [0, 0.05) is 42.2 Å². The standard InChI is InChI=1S/C18H18F2IN3OS2/c1-18(2,20)12-4-5-13-16(8-12)24(26-21)10-17(13)27(25)23-15-6-3-11(9-22)7-14(15)19/h3,6-7,10,12,23H,4-5,8H2,1-2H3. The van der Waals surface area contributed by atoms with Crippen LogP contribution >= 0.6 is 30.3 Å². The van der Waals surface area contributed by atoms with E-state index >= 15 is 0 Å². The smallest absolute Gasteiger partial charge is 0.152 e. The highest BCUT2D eigenvalue weighted by Gasteiger charge is 2.35. The van der Waals surface area contributed by atoms with Gasteiger partial charge in [-0.25, -0.2) is 13.0 Å². The second-order valence-electron chi connectivity index (χ2n) is 6.99. The minimum absolute atomic E-state index is 0.0783. The Morgan fingerprint density at radius 2 is 2.22 bits per heavy atom. The van der Waals surface area contributed by atoms with E-state index in [0.717, 1.165) is 17.3 Å². The molecule has 0 fully saturated rings. The molecule has 27 heavy (non-hydrogen) atoms. The summed E-state index contributed by atoms with van der Waals surface area (Å²) in [5.41, 5.74) is 0.927. The Balaban J connectivity index is 1.89. The van der Waals surface area contributed by atoms with Crippen LogP contribution in [0.15, 0.2) is 29.3 Å². The average molecular weight is 521 g/mol. The number of anilines is 1. The number of benzene rings is 1. The van der Waals surface area contributed by atoms with Crippen molar-refractivity contribution in [3.63, 3.8) is 0 Å². The van der Waals surface area contributed by atoms with E-state index in [9.17, 15) is 13.0 Å². The van der Waals surface area contributed by atoms with Crippen LogP contribution in [0.1, 0.15) is 37.1 Å². The van der Waals surface area contributed by atoms with Crippen LogP contribution in [0.25, 0.3) is 0 Å². The number of hydrogen-bond donors (Lipinski definition) is 1. The molecule has 1 aromatic carbocycles. The Morgan fingerprint density at radius 3 is 2.81 bits per heavy atom. The molecule has 144 valence electrons. The molecule has 0 amide bonds. The normalized spacial score (nSPS) is 17.9. The largest absolute Gasteiger partial charge is 0.298 e.